The maximum absolute atomic E-state index is 5.14. The zero-order valence-electron chi connectivity index (χ0n) is 9.23. The Balaban J connectivity index is 2.35. The van der Waals surface area contributed by atoms with Crippen molar-refractivity contribution in [2.24, 2.45) is 5.92 Å². The minimum atomic E-state index is 0.668. The number of nitrogens with zero attached hydrogens (tertiary/aromatic N) is 1. The van der Waals surface area contributed by atoms with E-state index in [1.165, 1.54) is 16.7 Å². The Bertz CT molecular complexity index is 556. The molecule has 16 heavy (non-hydrogen) atoms. The molecule has 82 valence electrons. The second-order valence-corrected chi connectivity index (χ2v) is 4.73. The Kier molecular flexibility index (Phi) is 2.21. The summed E-state index contributed by atoms with van der Waals surface area (Å²) in [4.78, 5) is 0. The lowest BCUT2D eigenvalue weighted by molar-refractivity contribution is 0.489. The van der Waals surface area contributed by atoms with Crippen molar-refractivity contribution in [3.05, 3.63) is 29.8 Å². The molecule has 1 N–H and O–H groups in total. The summed E-state index contributed by atoms with van der Waals surface area (Å²) >= 11 is 5.14. The molecule has 1 aliphatic rings. The van der Waals surface area contributed by atoms with Crippen molar-refractivity contribution in [2.75, 3.05) is 11.9 Å². The van der Waals surface area contributed by atoms with E-state index in [-0.39, 0.29) is 0 Å². The number of rotatable bonds is 1. The monoisotopic (exact) mass is 230 g/mol. The van der Waals surface area contributed by atoms with Crippen LogP contribution in [0.5, 0.6) is 0 Å². The predicted molar refractivity (Wildman–Crippen MR) is 72.3 cm³/mol. The number of benzene rings is 1. The highest BCUT2D eigenvalue weighted by molar-refractivity contribution is 7.79. The van der Waals surface area contributed by atoms with Crippen molar-refractivity contribution < 1.29 is 0 Å². The molecule has 2 aromatic rings. The Hall–Kier alpha value is -1.35. The number of anilines is 1. The van der Waals surface area contributed by atoms with E-state index in [1.807, 2.05) is 0 Å². The molecule has 1 aromatic heterocycles. The predicted octanol–water partition coefficient (Wildman–Crippen LogP) is 3.05. The molecule has 0 amide bonds. The smallest absolute Gasteiger partial charge is 0.115 e. The van der Waals surface area contributed by atoms with Crippen LogP contribution in [0.4, 0.5) is 5.82 Å². The minimum Gasteiger partial charge on any atom is -0.371 e. The van der Waals surface area contributed by atoms with Gasteiger partial charge in [-0.1, -0.05) is 37.3 Å². The van der Waals surface area contributed by atoms with E-state index >= 15 is 0 Å². The van der Waals surface area contributed by atoms with Crippen molar-refractivity contribution in [3.8, 4) is 0 Å². The normalized spacial score (nSPS) is 19.2. The van der Waals surface area contributed by atoms with Gasteiger partial charge in [0.1, 0.15) is 5.82 Å². The number of hydrogen-bond acceptors (Lipinski definition) is 2. The highest BCUT2D eigenvalue weighted by atomic mass is 32.1. The summed E-state index contributed by atoms with van der Waals surface area (Å²) in [6, 6.07) is 8.47. The van der Waals surface area contributed by atoms with Crippen molar-refractivity contribution in [2.45, 2.75) is 13.5 Å². The topological polar surface area (TPSA) is 17.0 Å². The van der Waals surface area contributed by atoms with Crippen LogP contribution in [0.2, 0.25) is 0 Å². The van der Waals surface area contributed by atoms with Crippen molar-refractivity contribution in [3.63, 3.8) is 0 Å². The zero-order chi connectivity index (χ0) is 11.1. The van der Waals surface area contributed by atoms with E-state index in [2.05, 4.69) is 41.1 Å². The number of nitrogens with one attached hydrogen (secondary N) is 1. The van der Waals surface area contributed by atoms with Gasteiger partial charge in [-0.3, -0.25) is 0 Å². The van der Waals surface area contributed by atoms with Crippen LogP contribution in [0, 0.1) is 5.92 Å². The molecule has 0 radical (unpaired) electrons. The molecular formula is C13H14N2S. The first-order valence-electron chi connectivity index (χ1n) is 5.61. The third kappa shape index (κ3) is 1.28. The van der Waals surface area contributed by atoms with Crippen LogP contribution < -0.4 is 5.32 Å². The summed E-state index contributed by atoms with van der Waals surface area (Å²) < 4.78 is 2.35. The quantitative estimate of drug-likeness (QED) is 0.758. The molecule has 0 saturated carbocycles. The van der Waals surface area contributed by atoms with Crippen LogP contribution in [-0.4, -0.2) is 16.5 Å². The summed E-state index contributed by atoms with van der Waals surface area (Å²) in [5, 5.41) is 6.53. The zero-order valence-corrected chi connectivity index (χ0v) is 10.1. The number of fused-ring (bicyclic) bond motifs is 3. The maximum atomic E-state index is 5.14. The third-order valence-corrected chi connectivity index (χ3v) is 3.48. The van der Waals surface area contributed by atoms with E-state index < -0.39 is 0 Å². The van der Waals surface area contributed by atoms with Crippen LogP contribution in [0.25, 0.3) is 10.9 Å². The van der Waals surface area contributed by atoms with Crippen LogP contribution in [0.3, 0.4) is 0 Å². The van der Waals surface area contributed by atoms with Gasteiger partial charge in [0.05, 0.1) is 5.52 Å². The summed E-state index contributed by atoms with van der Waals surface area (Å²) in [5.74, 6) is 1.86. The standard InChI is InChI=1S/C13H14N2S/c1-9-6-14-13-11(8-16)10-4-2-3-5-12(10)15(13)7-9/h2-5,8-9,14H,6-7H2,1H3. The van der Waals surface area contributed by atoms with Gasteiger partial charge < -0.3 is 9.88 Å². The van der Waals surface area contributed by atoms with Gasteiger partial charge in [0.15, 0.2) is 0 Å². The van der Waals surface area contributed by atoms with E-state index in [0.717, 1.165) is 18.7 Å². The molecule has 2 heterocycles. The van der Waals surface area contributed by atoms with Gasteiger partial charge >= 0.3 is 0 Å². The SMILES string of the molecule is CC1CNc2c(C=S)c3ccccc3n2C1. The average Bonchev–Trinajstić information content (AvgIpc) is 2.62. The van der Waals surface area contributed by atoms with Crippen molar-refractivity contribution in [1.82, 2.24) is 4.57 Å². The fourth-order valence-electron chi connectivity index (χ4n) is 2.48. The van der Waals surface area contributed by atoms with Gasteiger partial charge in [-0.15, -0.1) is 0 Å². The highest BCUT2D eigenvalue weighted by Crippen LogP contribution is 2.32. The lowest BCUT2D eigenvalue weighted by Gasteiger charge is -2.24. The molecule has 2 nitrogen and oxygen atoms in total. The van der Waals surface area contributed by atoms with Crippen LogP contribution in [0.15, 0.2) is 24.3 Å². The van der Waals surface area contributed by atoms with E-state index in [0.29, 0.717) is 5.92 Å². The van der Waals surface area contributed by atoms with E-state index in [1.54, 1.807) is 5.37 Å². The molecular weight excluding hydrogens is 216 g/mol. The highest BCUT2D eigenvalue weighted by Gasteiger charge is 2.20. The largest absolute Gasteiger partial charge is 0.371 e. The second-order valence-electron chi connectivity index (χ2n) is 4.49. The Morgan fingerprint density at radius 3 is 3.06 bits per heavy atom. The van der Waals surface area contributed by atoms with Crippen LogP contribution in [-0.2, 0) is 6.54 Å². The van der Waals surface area contributed by atoms with Crippen molar-refractivity contribution >= 4 is 34.3 Å². The summed E-state index contributed by atoms with van der Waals surface area (Å²) in [6.45, 7) is 4.38. The van der Waals surface area contributed by atoms with E-state index in [4.69, 9.17) is 12.2 Å². The molecule has 1 atom stereocenters. The van der Waals surface area contributed by atoms with Crippen LogP contribution >= 0.6 is 12.2 Å². The Morgan fingerprint density at radius 2 is 2.25 bits per heavy atom. The fourth-order valence-corrected chi connectivity index (χ4v) is 2.72. The van der Waals surface area contributed by atoms with Crippen molar-refractivity contribution in [1.29, 1.82) is 0 Å². The lowest BCUT2D eigenvalue weighted by atomic mass is 10.1. The molecule has 0 saturated heterocycles. The molecule has 0 bridgehead atoms. The van der Waals surface area contributed by atoms with E-state index in [9.17, 15) is 0 Å². The van der Waals surface area contributed by atoms with Gasteiger partial charge in [0.25, 0.3) is 0 Å². The minimum absolute atomic E-state index is 0.668. The summed E-state index contributed by atoms with van der Waals surface area (Å²) in [5.41, 5.74) is 2.45. The molecule has 0 fully saturated rings. The Morgan fingerprint density at radius 1 is 1.44 bits per heavy atom. The number of para-hydroxylation sites is 1. The Labute approximate surface area is 100 Å². The summed E-state index contributed by atoms with van der Waals surface area (Å²) in [6.07, 6.45) is 0. The molecule has 0 spiro atoms. The van der Waals surface area contributed by atoms with Gasteiger partial charge in [-0.05, 0) is 12.0 Å². The number of aromatic nitrogens is 1. The fraction of sp³-hybridized carbons (Fsp3) is 0.308. The second kappa shape index (κ2) is 3.59. The molecule has 1 aliphatic heterocycles. The molecule has 3 rings (SSSR count). The summed E-state index contributed by atoms with van der Waals surface area (Å²) in [7, 11) is 0. The van der Waals surface area contributed by atoms with Gasteiger partial charge in [0, 0.05) is 29.4 Å². The molecule has 0 aliphatic carbocycles. The van der Waals surface area contributed by atoms with Gasteiger partial charge in [0.2, 0.25) is 0 Å². The first-order valence-corrected chi connectivity index (χ1v) is 6.08. The molecule has 1 aromatic carbocycles. The van der Waals surface area contributed by atoms with Gasteiger partial charge in [-0.2, -0.15) is 0 Å². The van der Waals surface area contributed by atoms with Crippen LogP contribution in [0.1, 0.15) is 12.5 Å². The number of thiocarbonyl (C=S) groups is 1. The van der Waals surface area contributed by atoms with Gasteiger partial charge in [-0.25, -0.2) is 0 Å². The molecule has 3 heteroatoms. The third-order valence-electron chi connectivity index (χ3n) is 3.24. The first-order chi connectivity index (χ1) is 7.81. The first kappa shape index (κ1) is 9.85. The maximum Gasteiger partial charge on any atom is 0.115 e. The number of hydrogen-bond donors (Lipinski definition) is 1. The average molecular weight is 230 g/mol. The molecule has 1 unspecified atom stereocenters. The lowest BCUT2D eigenvalue weighted by Crippen LogP contribution is -2.25.